The van der Waals surface area contributed by atoms with Crippen LogP contribution >= 0.6 is 0 Å². The first-order valence-corrected chi connectivity index (χ1v) is 6.77. The molecule has 3 heteroatoms. The third-order valence-electron chi connectivity index (χ3n) is 4.03. The van der Waals surface area contributed by atoms with Gasteiger partial charge in [-0.25, -0.2) is 0 Å². The Morgan fingerprint density at radius 3 is 2.83 bits per heavy atom. The lowest BCUT2D eigenvalue weighted by Crippen LogP contribution is -2.37. The highest BCUT2D eigenvalue weighted by Gasteiger charge is 2.24. The van der Waals surface area contributed by atoms with Crippen LogP contribution in [0, 0.1) is 0 Å². The van der Waals surface area contributed by atoms with E-state index in [4.69, 9.17) is 10.5 Å². The van der Waals surface area contributed by atoms with Gasteiger partial charge in [-0.15, -0.1) is 0 Å². The summed E-state index contributed by atoms with van der Waals surface area (Å²) < 4.78 is 5.49. The number of ether oxygens (including phenoxy) is 1. The number of anilines is 1. The zero-order valence-corrected chi connectivity index (χ0v) is 11.4. The maximum Gasteiger partial charge on any atom is 0.0586 e. The van der Waals surface area contributed by atoms with Crippen molar-refractivity contribution >= 4 is 5.69 Å². The van der Waals surface area contributed by atoms with E-state index in [2.05, 4.69) is 24.1 Å². The van der Waals surface area contributed by atoms with Crippen molar-refractivity contribution in [2.24, 2.45) is 0 Å². The van der Waals surface area contributed by atoms with Crippen molar-refractivity contribution in [1.82, 2.24) is 4.90 Å². The molecule has 1 saturated carbocycles. The fourth-order valence-electron chi connectivity index (χ4n) is 2.81. The van der Waals surface area contributed by atoms with Crippen LogP contribution < -0.4 is 5.73 Å². The molecule has 1 fully saturated rings. The van der Waals surface area contributed by atoms with Crippen LogP contribution in [0.5, 0.6) is 0 Å². The molecule has 1 aliphatic carbocycles. The minimum absolute atomic E-state index is 0.430. The summed E-state index contributed by atoms with van der Waals surface area (Å²) in [6, 6.07) is 8.74. The molecular weight excluding hydrogens is 224 g/mol. The molecule has 2 N–H and O–H groups in total. The summed E-state index contributed by atoms with van der Waals surface area (Å²) in [6.07, 6.45) is 5.30. The Labute approximate surface area is 110 Å². The fraction of sp³-hybridized carbons (Fsp3) is 0.600. The first-order valence-electron chi connectivity index (χ1n) is 6.77. The summed E-state index contributed by atoms with van der Waals surface area (Å²) in [5.41, 5.74) is 8.11. The van der Waals surface area contributed by atoms with Crippen molar-refractivity contribution in [2.75, 3.05) is 19.9 Å². The van der Waals surface area contributed by atoms with Crippen molar-refractivity contribution in [3.63, 3.8) is 0 Å². The molecule has 3 nitrogen and oxygen atoms in total. The lowest BCUT2D eigenvalue weighted by atomic mass is 9.91. The van der Waals surface area contributed by atoms with Gasteiger partial charge in [0.25, 0.3) is 0 Å². The third kappa shape index (κ3) is 3.24. The number of methoxy groups -OCH3 is 1. The molecule has 0 bridgehead atoms. The molecule has 0 saturated heterocycles. The summed E-state index contributed by atoms with van der Waals surface area (Å²) in [7, 11) is 4.01. The molecule has 2 rings (SSSR count). The number of rotatable bonds is 4. The molecule has 2 atom stereocenters. The summed E-state index contributed by atoms with van der Waals surface area (Å²) in [5, 5.41) is 0. The molecule has 2 unspecified atom stereocenters. The molecule has 100 valence electrons. The topological polar surface area (TPSA) is 38.5 Å². The quantitative estimate of drug-likeness (QED) is 0.833. The Morgan fingerprint density at radius 2 is 2.11 bits per heavy atom. The van der Waals surface area contributed by atoms with Crippen LogP contribution in [0.3, 0.4) is 0 Å². The van der Waals surface area contributed by atoms with Gasteiger partial charge < -0.3 is 10.5 Å². The predicted octanol–water partition coefficient (Wildman–Crippen LogP) is 2.66. The van der Waals surface area contributed by atoms with Gasteiger partial charge in [0, 0.05) is 25.4 Å². The molecule has 0 aliphatic heterocycles. The van der Waals surface area contributed by atoms with Crippen molar-refractivity contribution in [3.8, 4) is 0 Å². The van der Waals surface area contributed by atoms with Gasteiger partial charge in [-0.05, 0) is 44.4 Å². The van der Waals surface area contributed by atoms with E-state index in [1.807, 2.05) is 19.2 Å². The van der Waals surface area contributed by atoms with E-state index in [9.17, 15) is 0 Å². The largest absolute Gasteiger partial charge is 0.398 e. The highest BCUT2D eigenvalue weighted by atomic mass is 16.5. The molecule has 1 aromatic rings. The number of nitrogens with zero attached hydrogens (tertiary/aromatic N) is 1. The summed E-state index contributed by atoms with van der Waals surface area (Å²) in [5.74, 6) is 0. The Hall–Kier alpha value is -1.06. The van der Waals surface area contributed by atoms with Crippen molar-refractivity contribution in [2.45, 2.75) is 44.4 Å². The van der Waals surface area contributed by atoms with E-state index in [0.29, 0.717) is 12.1 Å². The first-order chi connectivity index (χ1) is 8.70. The van der Waals surface area contributed by atoms with Gasteiger partial charge in [0.05, 0.1) is 6.10 Å². The van der Waals surface area contributed by atoms with Crippen LogP contribution in [0.4, 0.5) is 5.69 Å². The Bertz CT molecular complexity index is 381. The van der Waals surface area contributed by atoms with Gasteiger partial charge in [0.2, 0.25) is 0 Å². The molecule has 1 aromatic carbocycles. The van der Waals surface area contributed by atoms with Crippen molar-refractivity contribution in [3.05, 3.63) is 29.8 Å². The normalized spacial score (nSPS) is 24.4. The second kappa shape index (κ2) is 6.21. The number of benzene rings is 1. The number of hydrogen-bond donors (Lipinski definition) is 1. The van der Waals surface area contributed by atoms with Gasteiger partial charge in [0.1, 0.15) is 0 Å². The Kier molecular flexibility index (Phi) is 4.61. The maximum atomic E-state index is 6.00. The van der Waals surface area contributed by atoms with E-state index < -0.39 is 0 Å². The van der Waals surface area contributed by atoms with Crippen molar-refractivity contribution < 1.29 is 4.74 Å². The van der Waals surface area contributed by atoms with Gasteiger partial charge in [-0.2, -0.15) is 0 Å². The number of para-hydroxylation sites is 1. The summed E-state index contributed by atoms with van der Waals surface area (Å²) >= 11 is 0. The van der Waals surface area contributed by atoms with Crippen LogP contribution in [0.2, 0.25) is 0 Å². The number of hydrogen-bond acceptors (Lipinski definition) is 3. The molecule has 0 heterocycles. The Morgan fingerprint density at radius 1 is 1.33 bits per heavy atom. The summed E-state index contributed by atoms with van der Waals surface area (Å²) in [4.78, 5) is 2.41. The van der Waals surface area contributed by atoms with Crippen LogP contribution in [0.15, 0.2) is 24.3 Å². The maximum absolute atomic E-state index is 6.00. The molecule has 0 spiro atoms. The standard InChI is InChI=1S/C15H24N2O/c1-17(11-12-6-3-4-9-15(12)16)13-7-5-8-14(10-13)18-2/h3-4,6,9,13-14H,5,7-8,10-11,16H2,1-2H3. The van der Waals surface area contributed by atoms with Crippen LogP contribution in [0.25, 0.3) is 0 Å². The second-order valence-corrected chi connectivity index (χ2v) is 5.29. The number of nitrogen functional groups attached to an aromatic ring is 1. The highest BCUT2D eigenvalue weighted by molar-refractivity contribution is 5.46. The van der Waals surface area contributed by atoms with Crippen LogP contribution in [-0.4, -0.2) is 31.2 Å². The molecule has 0 aromatic heterocycles. The smallest absolute Gasteiger partial charge is 0.0586 e. The zero-order chi connectivity index (χ0) is 13.0. The van der Waals surface area contributed by atoms with Crippen LogP contribution in [-0.2, 0) is 11.3 Å². The third-order valence-corrected chi connectivity index (χ3v) is 4.03. The second-order valence-electron chi connectivity index (χ2n) is 5.29. The van der Waals surface area contributed by atoms with E-state index in [1.54, 1.807) is 0 Å². The Balaban J connectivity index is 1.95. The van der Waals surface area contributed by atoms with Gasteiger partial charge in [-0.1, -0.05) is 18.2 Å². The van der Waals surface area contributed by atoms with Crippen molar-refractivity contribution in [1.29, 1.82) is 0 Å². The van der Waals surface area contributed by atoms with E-state index in [0.717, 1.165) is 18.7 Å². The van der Waals surface area contributed by atoms with Gasteiger partial charge >= 0.3 is 0 Å². The van der Waals surface area contributed by atoms with Crippen LogP contribution in [0.1, 0.15) is 31.2 Å². The lowest BCUT2D eigenvalue weighted by Gasteiger charge is -2.35. The molecule has 0 radical (unpaired) electrons. The fourth-order valence-corrected chi connectivity index (χ4v) is 2.81. The van der Waals surface area contributed by atoms with Gasteiger partial charge in [-0.3, -0.25) is 4.90 Å². The molecule has 0 amide bonds. The van der Waals surface area contributed by atoms with Gasteiger partial charge in [0.15, 0.2) is 0 Å². The molecule has 18 heavy (non-hydrogen) atoms. The first kappa shape index (κ1) is 13.4. The van der Waals surface area contributed by atoms with E-state index in [1.165, 1.54) is 24.8 Å². The average molecular weight is 248 g/mol. The molecule has 1 aliphatic rings. The number of nitrogens with two attached hydrogens (primary N) is 1. The van der Waals surface area contributed by atoms with E-state index in [-0.39, 0.29) is 0 Å². The predicted molar refractivity (Wildman–Crippen MR) is 75.4 cm³/mol. The monoisotopic (exact) mass is 248 g/mol. The lowest BCUT2D eigenvalue weighted by molar-refractivity contribution is 0.0329. The zero-order valence-electron chi connectivity index (χ0n) is 11.4. The van der Waals surface area contributed by atoms with E-state index >= 15 is 0 Å². The summed E-state index contributed by atoms with van der Waals surface area (Å²) in [6.45, 7) is 0.924. The minimum atomic E-state index is 0.430. The average Bonchev–Trinajstić information content (AvgIpc) is 2.41. The SMILES string of the molecule is COC1CCCC(N(C)Cc2ccccc2N)C1. The highest BCUT2D eigenvalue weighted by Crippen LogP contribution is 2.25. The molecular formula is C15H24N2O. The minimum Gasteiger partial charge on any atom is -0.398 e.